The second-order valence-electron chi connectivity index (χ2n) is 8.99. The van der Waals surface area contributed by atoms with Crippen LogP contribution in [0.4, 0.5) is 0 Å². The van der Waals surface area contributed by atoms with Crippen molar-refractivity contribution in [3.8, 4) is 11.6 Å². The third-order valence-electron chi connectivity index (χ3n) is 5.32. The van der Waals surface area contributed by atoms with E-state index >= 15 is 0 Å². The molecule has 1 aromatic carbocycles. The van der Waals surface area contributed by atoms with Gasteiger partial charge >= 0.3 is 5.69 Å². The van der Waals surface area contributed by atoms with Crippen LogP contribution in [-0.4, -0.2) is 38.6 Å². The molecule has 0 amide bonds. The lowest BCUT2D eigenvalue weighted by Gasteiger charge is -2.44. The average molecular weight is 420 g/mol. The van der Waals surface area contributed by atoms with E-state index in [2.05, 4.69) is 30.7 Å². The van der Waals surface area contributed by atoms with E-state index < -0.39 is 17.1 Å². The van der Waals surface area contributed by atoms with Crippen molar-refractivity contribution in [2.24, 2.45) is 15.8 Å². The van der Waals surface area contributed by atoms with E-state index in [-0.39, 0.29) is 22.5 Å². The van der Waals surface area contributed by atoms with Crippen LogP contribution in [-0.2, 0) is 0 Å². The number of nitrogens with zero attached hydrogens (tertiary/aromatic N) is 2. The second-order valence-corrected chi connectivity index (χ2v) is 9.43. The van der Waals surface area contributed by atoms with Crippen LogP contribution in [0.25, 0.3) is 5.69 Å². The van der Waals surface area contributed by atoms with E-state index in [0.29, 0.717) is 23.7 Å². The van der Waals surface area contributed by atoms with Crippen molar-refractivity contribution in [1.82, 2.24) is 9.55 Å². The lowest BCUT2D eigenvalue weighted by atomic mass is 9.63. The van der Waals surface area contributed by atoms with Gasteiger partial charge in [-0.15, -0.1) is 0 Å². The van der Waals surface area contributed by atoms with E-state index in [1.54, 1.807) is 24.3 Å². The van der Waals surface area contributed by atoms with E-state index in [1.165, 1.54) is 6.21 Å². The van der Waals surface area contributed by atoms with Crippen molar-refractivity contribution < 1.29 is 10.2 Å². The SMILES string of the molecule is CC1(C)C[C@@H](O)C[C@@](C)(CN=Cc2c(O)n(-c3ccc(Cl)cc3)c(=O)[nH]c2=O)C1. The summed E-state index contributed by atoms with van der Waals surface area (Å²) in [5, 5.41) is 21.3. The molecule has 8 heteroatoms. The van der Waals surface area contributed by atoms with Crippen molar-refractivity contribution in [3.63, 3.8) is 0 Å². The smallest absolute Gasteiger partial charge is 0.335 e. The summed E-state index contributed by atoms with van der Waals surface area (Å²) in [5.41, 5.74) is -1.41. The molecule has 1 fully saturated rings. The van der Waals surface area contributed by atoms with Gasteiger partial charge in [-0.05, 0) is 54.4 Å². The van der Waals surface area contributed by atoms with Crippen molar-refractivity contribution in [3.05, 3.63) is 55.7 Å². The molecule has 3 rings (SSSR count). The molecule has 0 saturated heterocycles. The number of aromatic nitrogens is 2. The third kappa shape index (κ3) is 4.79. The zero-order chi connectivity index (χ0) is 21.4. The van der Waals surface area contributed by atoms with Crippen molar-refractivity contribution in [2.45, 2.75) is 46.1 Å². The minimum atomic E-state index is -0.754. The van der Waals surface area contributed by atoms with E-state index in [1.807, 2.05) is 0 Å². The number of benzene rings is 1. The molecule has 1 heterocycles. The highest BCUT2D eigenvalue weighted by Gasteiger charge is 2.40. The molecule has 0 bridgehead atoms. The number of rotatable bonds is 4. The van der Waals surface area contributed by atoms with Gasteiger partial charge < -0.3 is 10.2 Å². The summed E-state index contributed by atoms with van der Waals surface area (Å²) in [5.74, 6) is -0.487. The number of aliphatic imine (C=N–C) groups is 1. The highest BCUT2D eigenvalue weighted by atomic mass is 35.5. The van der Waals surface area contributed by atoms with Gasteiger partial charge in [0, 0.05) is 17.8 Å². The summed E-state index contributed by atoms with van der Waals surface area (Å²) in [6.07, 6.45) is 3.17. The first kappa shape index (κ1) is 21.3. The first-order chi connectivity index (χ1) is 13.5. The van der Waals surface area contributed by atoms with Gasteiger partial charge in [-0.2, -0.15) is 0 Å². The zero-order valence-electron chi connectivity index (χ0n) is 16.8. The van der Waals surface area contributed by atoms with Gasteiger partial charge in [0.05, 0.1) is 11.8 Å². The minimum Gasteiger partial charge on any atom is -0.493 e. The van der Waals surface area contributed by atoms with Crippen LogP contribution >= 0.6 is 11.6 Å². The molecule has 7 nitrogen and oxygen atoms in total. The maximum absolute atomic E-state index is 12.2. The zero-order valence-corrected chi connectivity index (χ0v) is 17.5. The number of aliphatic hydroxyl groups excluding tert-OH is 1. The van der Waals surface area contributed by atoms with Gasteiger partial charge in [0.2, 0.25) is 5.88 Å². The first-order valence-corrected chi connectivity index (χ1v) is 9.90. The fraction of sp³-hybridized carbons (Fsp3) is 0.476. The standard InChI is InChI=1S/C21H26ClN3O4/c1-20(2)8-15(26)9-21(3,11-20)12-23-10-16-17(27)24-19(29)25(18(16)28)14-6-4-13(22)5-7-14/h4-7,10,15,26,28H,8-9,11-12H2,1-3H3,(H,24,27,29)/t15-,21-/m1/s1. The summed E-state index contributed by atoms with van der Waals surface area (Å²) < 4.78 is 0.994. The lowest BCUT2D eigenvalue weighted by Crippen LogP contribution is -2.40. The number of aliphatic hydroxyl groups is 1. The van der Waals surface area contributed by atoms with Crippen molar-refractivity contribution >= 4 is 17.8 Å². The lowest BCUT2D eigenvalue weighted by molar-refractivity contribution is -0.00472. The Kier molecular flexibility index (Phi) is 5.74. The number of H-pyrrole nitrogens is 1. The summed E-state index contributed by atoms with van der Waals surface area (Å²) in [6.45, 7) is 6.70. The maximum atomic E-state index is 12.2. The van der Waals surface area contributed by atoms with Crippen LogP contribution in [0.5, 0.6) is 5.88 Å². The number of halogens is 1. The average Bonchev–Trinajstić information content (AvgIpc) is 2.57. The second kappa shape index (κ2) is 7.80. The molecule has 29 heavy (non-hydrogen) atoms. The maximum Gasteiger partial charge on any atom is 0.335 e. The Hall–Kier alpha value is -2.38. The first-order valence-electron chi connectivity index (χ1n) is 9.52. The minimum absolute atomic E-state index is 0.00333. The van der Waals surface area contributed by atoms with Gasteiger partial charge in [0.1, 0.15) is 5.56 Å². The van der Waals surface area contributed by atoms with Gasteiger partial charge in [-0.25, -0.2) is 9.36 Å². The molecule has 156 valence electrons. The van der Waals surface area contributed by atoms with Gasteiger partial charge in [-0.3, -0.25) is 14.8 Å². The molecule has 0 spiro atoms. The van der Waals surface area contributed by atoms with Gasteiger partial charge in [0.25, 0.3) is 5.56 Å². The van der Waals surface area contributed by atoms with Crippen LogP contribution < -0.4 is 11.2 Å². The summed E-state index contributed by atoms with van der Waals surface area (Å²) in [6, 6.07) is 6.29. The Morgan fingerprint density at radius 1 is 1.24 bits per heavy atom. The fourth-order valence-corrected chi connectivity index (χ4v) is 4.67. The Morgan fingerprint density at radius 3 is 2.52 bits per heavy atom. The molecule has 0 radical (unpaired) electrons. The van der Waals surface area contributed by atoms with Crippen molar-refractivity contribution in [1.29, 1.82) is 0 Å². The number of nitrogens with one attached hydrogen (secondary N) is 1. The summed E-state index contributed by atoms with van der Waals surface area (Å²) >= 11 is 5.87. The van der Waals surface area contributed by atoms with Crippen LogP contribution in [0, 0.1) is 10.8 Å². The molecule has 1 aliphatic rings. The predicted molar refractivity (Wildman–Crippen MR) is 114 cm³/mol. The quantitative estimate of drug-likeness (QED) is 0.662. The molecule has 1 saturated carbocycles. The topological polar surface area (TPSA) is 108 Å². The fourth-order valence-electron chi connectivity index (χ4n) is 4.54. The highest BCUT2D eigenvalue weighted by Crippen LogP contribution is 2.46. The van der Waals surface area contributed by atoms with Crippen LogP contribution in [0.1, 0.15) is 45.6 Å². The Bertz CT molecular complexity index is 1040. The number of hydrogen-bond donors (Lipinski definition) is 3. The Labute approximate surface area is 173 Å². The molecule has 3 N–H and O–H groups in total. The Morgan fingerprint density at radius 2 is 1.90 bits per heavy atom. The van der Waals surface area contributed by atoms with Crippen molar-refractivity contribution in [2.75, 3.05) is 6.54 Å². The number of aromatic amines is 1. The van der Waals surface area contributed by atoms with E-state index in [0.717, 1.165) is 17.4 Å². The van der Waals surface area contributed by atoms with Crippen LogP contribution in [0.2, 0.25) is 5.02 Å². The Balaban J connectivity index is 1.91. The van der Waals surface area contributed by atoms with Crippen LogP contribution in [0.15, 0.2) is 38.8 Å². The van der Waals surface area contributed by atoms with E-state index in [9.17, 15) is 19.8 Å². The van der Waals surface area contributed by atoms with Crippen LogP contribution in [0.3, 0.4) is 0 Å². The van der Waals surface area contributed by atoms with Gasteiger partial charge in [0.15, 0.2) is 0 Å². The molecule has 1 aromatic heterocycles. The highest BCUT2D eigenvalue weighted by molar-refractivity contribution is 6.30. The predicted octanol–water partition coefficient (Wildman–Crippen LogP) is 2.88. The molecular weight excluding hydrogens is 394 g/mol. The van der Waals surface area contributed by atoms with E-state index in [4.69, 9.17) is 11.6 Å². The molecular formula is C21H26ClN3O4. The third-order valence-corrected chi connectivity index (χ3v) is 5.57. The number of aromatic hydroxyl groups is 1. The molecule has 0 aliphatic heterocycles. The molecule has 2 atom stereocenters. The monoisotopic (exact) mass is 419 g/mol. The largest absolute Gasteiger partial charge is 0.493 e. The van der Waals surface area contributed by atoms with Gasteiger partial charge in [-0.1, -0.05) is 32.4 Å². The molecule has 2 aromatic rings. The number of hydrogen-bond acceptors (Lipinski definition) is 5. The molecule has 1 aliphatic carbocycles. The summed E-state index contributed by atoms with van der Waals surface area (Å²) in [4.78, 5) is 31.0. The molecule has 0 unspecified atom stereocenters. The summed E-state index contributed by atoms with van der Waals surface area (Å²) in [7, 11) is 0. The normalized spacial score (nSPS) is 24.1.